The van der Waals surface area contributed by atoms with Crippen LogP contribution < -0.4 is 5.59 Å². The summed E-state index contributed by atoms with van der Waals surface area (Å²) in [5.74, 6) is 0. The van der Waals surface area contributed by atoms with Crippen LogP contribution in [-0.4, -0.2) is 34.4 Å². The Morgan fingerprint density at radius 3 is 2.29 bits per heavy atom. The second-order valence-electron chi connectivity index (χ2n) is 5.35. The minimum atomic E-state index is -0.582. The molecule has 0 aromatic carbocycles. The monoisotopic (exact) mass is 236 g/mol. The number of hydrogen-bond donors (Lipinski definition) is 0. The average molecular weight is 236 g/mol. The maximum absolute atomic E-state index is 11.0. The van der Waals surface area contributed by atoms with Crippen LogP contribution in [0.5, 0.6) is 0 Å². The Morgan fingerprint density at radius 1 is 1.29 bits per heavy atom. The van der Waals surface area contributed by atoms with Crippen molar-refractivity contribution in [2.45, 2.75) is 38.9 Å². The van der Waals surface area contributed by atoms with Crippen LogP contribution in [0.25, 0.3) is 0 Å². The van der Waals surface area contributed by atoms with E-state index in [0.29, 0.717) is 11.2 Å². The molecule has 1 aliphatic heterocycles. The van der Waals surface area contributed by atoms with Gasteiger partial charge in [-0.05, 0) is 27.7 Å². The van der Waals surface area contributed by atoms with Gasteiger partial charge in [-0.25, -0.2) is 0 Å². The highest BCUT2D eigenvalue weighted by atomic mass is 16.7. The summed E-state index contributed by atoms with van der Waals surface area (Å²) in [6.45, 7) is 7.88. The van der Waals surface area contributed by atoms with E-state index in [0.717, 1.165) is 6.29 Å². The van der Waals surface area contributed by atoms with Crippen LogP contribution in [0.3, 0.4) is 0 Å². The molecule has 0 saturated carbocycles. The predicted molar refractivity (Wildman–Crippen MR) is 64.3 cm³/mol. The number of carbonyl (C=O) groups is 1. The van der Waals surface area contributed by atoms with Gasteiger partial charge in [-0.3, -0.25) is 9.48 Å². The fraction of sp³-hybridized carbons (Fsp3) is 0.636. The first-order chi connectivity index (χ1) is 7.77. The van der Waals surface area contributed by atoms with E-state index in [-0.39, 0.29) is 0 Å². The van der Waals surface area contributed by atoms with Crippen LogP contribution >= 0.6 is 0 Å². The number of nitrogens with zero attached hydrogens (tertiary/aromatic N) is 2. The van der Waals surface area contributed by atoms with Crippen molar-refractivity contribution in [1.82, 2.24) is 9.78 Å². The smallest absolute Gasteiger partial charge is 0.398 e. The summed E-state index contributed by atoms with van der Waals surface area (Å²) in [6.07, 6.45) is 2.43. The number of rotatable bonds is 2. The van der Waals surface area contributed by atoms with Gasteiger partial charge < -0.3 is 9.31 Å². The minimum Gasteiger partial charge on any atom is -0.398 e. The largest absolute Gasteiger partial charge is 0.517 e. The lowest BCUT2D eigenvalue weighted by molar-refractivity contribution is 0.00578. The standard InChI is InChI=1S/C11H17BN2O3/c1-10(2)11(3,4)17-12(16-10)9-8(7-15)6-14(5)13-9/h6-7H,1-5H3. The Hall–Kier alpha value is -1.14. The molecule has 0 N–H and O–H groups in total. The van der Waals surface area contributed by atoms with Crippen LogP contribution in [-0.2, 0) is 16.4 Å². The summed E-state index contributed by atoms with van der Waals surface area (Å²) in [7, 11) is 1.18. The van der Waals surface area contributed by atoms with Crippen molar-refractivity contribution < 1.29 is 14.1 Å². The van der Waals surface area contributed by atoms with Gasteiger partial charge in [-0.15, -0.1) is 0 Å². The van der Waals surface area contributed by atoms with Crippen molar-refractivity contribution in [2.75, 3.05) is 0 Å². The molecule has 0 aliphatic carbocycles. The van der Waals surface area contributed by atoms with Gasteiger partial charge in [-0.2, -0.15) is 5.10 Å². The molecular weight excluding hydrogens is 219 g/mol. The number of hydrogen-bond acceptors (Lipinski definition) is 4. The van der Waals surface area contributed by atoms with Gasteiger partial charge in [0.15, 0.2) is 6.29 Å². The van der Waals surface area contributed by atoms with Crippen LogP contribution in [0.4, 0.5) is 0 Å². The molecule has 0 atom stereocenters. The van der Waals surface area contributed by atoms with E-state index in [4.69, 9.17) is 9.31 Å². The van der Waals surface area contributed by atoms with Gasteiger partial charge in [-0.1, -0.05) is 0 Å². The molecule has 2 rings (SSSR count). The molecular formula is C11H17BN2O3. The van der Waals surface area contributed by atoms with E-state index in [1.165, 1.54) is 0 Å². The van der Waals surface area contributed by atoms with Gasteiger partial charge in [0.05, 0.1) is 16.8 Å². The van der Waals surface area contributed by atoms with Crippen LogP contribution in [0.2, 0.25) is 0 Å². The van der Waals surface area contributed by atoms with Crippen LogP contribution in [0, 0.1) is 0 Å². The summed E-state index contributed by atoms with van der Waals surface area (Å²) in [5, 5.41) is 4.23. The van der Waals surface area contributed by atoms with Crippen molar-refractivity contribution in [3.05, 3.63) is 11.8 Å². The summed E-state index contributed by atoms with van der Waals surface area (Å²) in [4.78, 5) is 11.0. The van der Waals surface area contributed by atoms with Crippen LogP contribution in [0.15, 0.2) is 6.20 Å². The lowest BCUT2D eigenvalue weighted by Crippen LogP contribution is -2.41. The first-order valence-corrected chi connectivity index (χ1v) is 5.61. The molecule has 0 unspecified atom stereocenters. The van der Waals surface area contributed by atoms with Gasteiger partial charge in [0.1, 0.15) is 5.59 Å². The molecule has 5 nitrogen and oxygen atoms in total. The second kappa shape index (κ2) is 3.68. The Kier molecular flexibility index (Phi) is 2.67. The molecule has 0 radical (unpaired) electrons. The molecule has 2 heterocycles. The molecule has 1 aliphatic rings. The first-order valence-electron chi connectivity index (χ1n) is 5.61. The molecule has 1 fully saturated rings. The summed E-state index contributed by atoms with van der Waals surface area (Å²) < 4.78 is 13.3. The van der Waals surface area contributed by atoms with Crippen molar-refractivity contribution >= 4 is 19.0 Å². The molecule has 0 amide bonds. The van der Waals surface area contributed by atoms with Gasteiger partial charge in [0.2, 0.25) is 0 Å². The first kappa shape index (κ1) is 12.3. The zero-order chi connectivity index (χ0) is 12.8. The van der Waals surface area contributed by atoms with E-state index in [1.807, 2.05) is 27.7 Å². The van der Waals surface area contributed by atoms with Crippen molar-refractivity contribution in [1.29, 1.82) is 0 Å². The Labute approximate surface area is 101 Å². The molecule has 1 saturated heterocycles. The highest BCUT2D eigenvalue weighted by molar-refractivity contribution is 6.62. The minimum absolute atomic E-state index is 0.421. The Morgan fingerprint density at radius 2 is 1.82 bits per heavy atom. The summed E-state index contributed by atoms with van der Waals surface area (Å²) in [6, 6.07) is 0. The third-order valence-electron chi connectivity index (χ3n) is 3.49. The molecule has 1 aromatic rings. The lowest BCUT2D eigenvalue weighted by atomic mass is 9.82. The fourth-order valence-electron chi connectivity index (χ4n) is 1.75. The van der Waals surface area contributed by atoms with E-state index in [2.05, 4.69) is 5.10 Å². The number of aryl methyl sites for hydroxylation is 1. The molecule has 1 aromatic heterocycles. The third kappa shape index (κ3) is 1.91. The van der Waals surface area contributed by atoms with Crippen LogP contribution in [0.1, 0.15) is 38.1 Å². The normalized spacial score (nSPS) is 21.8. The molecule has 92 valence electrons. The van der Waals surface area contributed by atoms with E-state index < -0.39 is 18.3 Å². The Balaban J connectivity index is 2.35. The quantitative estimate of drug-likeness (QED) is 0.555. The van der Waals surface area contributed by atoms with Crippen molar-refractivity contribution in [3.63, 3.8) is 0 Å². The maximum Gasteiger partial charge on any atom is 0.517 e. The summed E-state index contributed by atoms with van der Waals surface area (Å²) in [5.41, 5.74) is 0.206. The molecule has 0 bridgehead atoms. The summed E-state index contributed by atoms with van der Waals surface area (Å²) >= 11 is 0. The van der Waals surface area contributed by atoms with E-state index in [9.17, 15) is 4.79 Å². The molecule has 0 spiro atoms. The maximum atomic E-state index is 11.0. The third-order valence-corrected chi connectivity index (χ3v) is 3.49. The number of aldehydes is 1. The zero-order valence-corrected chi connectivity index (χ0v) is 10.9. The number of aromatic nitrogens is 2. The zero-order valence-electron chi connectivity index (χ0n) is 10.9. The van der Waals surface area contributed by atoms with E-state index in [1.54, 1.807) is 17.9 Å². The average Bonchev–Trinajstić information content (AvgIpc) is 2.65. The topological polar surface area (TPSA) is 53.4 Å². The van der Waals surface area contributed by atoms with Gasteiger partial charge >= 0.3 is 7.12 Å². The predicted octanol–water partition coefficient (Wildman–Crippen LogP) is 0.532. The van der Waals surface area contributed by atoms with Crippen molar-refractivity contribution in [3.8, 4) is 0 Å². The van der Waals surface area contributed by atoms with Gasteiger partial charge in [0, 0.05) is 13.2 Å². The lowest BCUT2D eigenvalue weighted by Gasteiger charge is -2.32. The van der Waals surface area contributed by atoms with Gasteiger partial charge in [0.25, 0.3) is 0 Å². The van der Waals surface area contributed by atoms with E-state index >= 15 is 0 Å². The second-order valence-corrected chi connectivity index (χ2v) is 5.35. The molecule has 17 heavy (non-hydrogen) atoms. The molecule has 6 heteroatoms. The SMILES string of the molecule is Cn1cc(C=O)c(B2OC(C)(C)C(C)(C)O2)n1. The fourth-order valence-corrected chi connectivity index (χ4v) is 1.75. The van der Waals surface area contributed by atoms with Crippen molar-refractivity contribution in [2.24, 2.45) is 7.05 Å². The highest BCUT2D eigenvalue weighted by Gasteiger charge is 2.53. The highest BCUT2D eigenvalue weighted by Crippen LogP contribution is 2.36. The number of carbonyl (C=O) groups excluding carboxylic acids is 1. The Bertz CT molecular complexity index is 438.